The van der Waals surface area contributed by atoms with Crippen LogP contribution in [0.15, 0.2) is 18.2 Å². The van der Waals surface area contributed by atoms with Gasteiger partial charge in [-0.2, -0.15) is 0 Å². The van der Waals surface area contributed by atoms with E-state index in [4.69, 9.17) is 4.74 Å². The summed E-state index contributed by atoms with van der Waals surface area (Å²) < 4.78 is 5.70. The third-order valence-electron chi connectivity index (χ3n) is 3.95. The predicted molar refractivity (Wildman–Crippen MR) is 84.7 cm³/mol. The zero-order valence-corrected chi connectivity index (χ0v) is 13.4. The van der Waals surface area contributed by atoms with Crippen LogP contribution in [0, 0.1) is 25.7 Å². The van der Waals surface area contributed by atoms with Crippen molar-refractivity contribution in [2.24, 2.45) is 11.8 Å². The van der Waals surface area contributed by atoms with Gasteiger partial charge >= 0.3 is 0 Å². The molecule has 0 saturated heterocycles. The van der Waals surface area contributed by atoms with E-state index in [0.29, 0.717) is 19.1 Å². The van der Waals surface area contributed by atoms with Crippen molar-refractivity contribution in [3.05, 3.63) is 29.3 Å². The number of amides is 2. The molecule has 0 radical (unpaired) electrons. The summed E-state index contributed by atoms with van der Waals surface area (Å²) in [6.45, 7) is 6.89. The third-order valence-corrected chi connectivity index (χ3v) is 3.95. The highest BCUT2D eigenvalue weighted by Crippen LogP contribution is 2.37. The van der Waals surface area contributed by atoms with E-state index >= 15 is 0 Å². The number of benzene rings is 1. The molecule has 0 bridgehead atoms. The molecular formula is C17H24N2O3. The Balaban J connectivity index is 1.62. The molecule has 2 amide bonds. The molecule has 1 aromatic carbocycles. The van der Waals surface area contributed by atoms with Crippen LogP contribution in [-0.4, -0.2) is 31.5 Å². The number of hydrogen-bond donors (Lipinski definition) is 2. The van der Waals surface area contributed by atoms with Crippen LogP contribution in [0.3, 0.4) is 0 Å². The minimum Gasteiger partial charge on any atom is -0.491 e. The lowest BCUT2D eigenvalue weighted by atomic mass is 10.1. The largest absolute Gasteiger partial charge is 0.491 e. The fourth-order valence-electron chi connectivity index (χ4n) is 2.42. The van der Waals surface area contributed by atoms with Gasteiger partial charge in [0.15, 0.2) is 0 Å². The molecule has 5 heteroatoms. The number of nitrogens with one attached hydrogen (secondary N) is 2. The van der Waals surface area contributed by atoms with Crippen LogP contribution in [0.1, 0.15) is 24.5 Å². The van der Waals surface area contributed by atoms with E-state index in [-0.39, 0.29) is 24.3 Å². The molecule has 120 valence electrons. The van der Waals surface area contributed by atoms with Crippen molar-refractivity contribution >= 4 is 11.8 Å². The van der Waals surface area contributed by atoms with Crippen molar-refractivity contribution in [2.45, 2.75) is 27.2 Å². The summed E-state index contributed by atoms with van der Waals surface area (Å²) in [6.07, 6.45) is 0.928. The molecule has 2 unspecified atom stereocenters. The van der Waals surface area contributed by atoms with Gasteiger partial charge in [0.25, 0.3) is 0 Å². The molecule has 2 N–H and O–H groups in total. The second-order valence-corrected chi connectivity index (χ2v) is 5.96. The molecule has 1 fully saturated rings. The van der Waals surface area contributed by atoms with Gasteiger partial charge in [-0.25, -0.2) is 0 Å². The van der Waals surface area contributed by atoms with Crippen molar-refractivity contribution < 1.29 is 14.3 Å². The van der Waals surface area contributed by atoms with E-state index in [1.54, 1.807) is 0 Å². The molecule has 5 nitrogen and oxygen atoms in total. The predicted octanol–water partition coefficient (Wildman–Crippen LogP) is 1.57. The Morgan fingerprint density at radius 1 is 1.23 bits per heavy atom. The molecule has 1 aromatic rings. The summed E-state index contributed by atoms with van der Waals surface area (Å²) in [5, 5.41) is 5.40. The Morgan fingerprint density at radius 2 is 1.86 bits per heavy atom. The highest BCUT2D eigenvalue weighted by molar-refractivity contribution is 5.87. The third kappa shape index (κ3) is 4.48. The summed E-state index contributed by atoms with van der Waals surface area (Å²) in [5.41, 5.74) is 2.16. The maximum atomic E-state index is 11.6. The lowest BCUT2D eigenvalue weighted by Crippen LogP contribution is -2.39. The summed E-state index contributed by atoms with van der Waals surface area (Å²) in [4.78, 5) is 23.2. The van der Waals surface area contributed by atoms with Gasteiger partial charge in [-0.15, -0.1) is 0 Å². The molecule has 0 aliphatic heterocycles. The highest BCUT2D eigenvalue weighted by atomic mass is 16.5. The van der Waals surface area contributed by atoms with Gasteiger partial charge in [0.2, 0.25) is 11.8 Å². The fraction of sp³-hybridized carbons (Fsp3) is 0.529. The van der Waals surface area contributed by atoms with E-state index in [1.807, 2.05) is 39.0 Å². The minimum absolute atomic E-state index is 0.0190. The van der Waals surface area contributed by atoms with Crippen LogP contribution in [0.5, 0.6) is 5.75 Å². The zero-order chi connectivity index (χ0) is 16.1. The average molecular weight is 304 g/mol. The maximum Gasteiger partial charge on any atom is 0.239 e. The van der Waals surface area contributed by atoms with Gasteiger partial charge in [-0.3, -0.25) is 9.59 Å². The number of carbonyl (C=O) groups excluding carboxylic acids is 2. The van der Waals surface area contributed by atoms with Crippen LogP contribution >= 0.6 is 0 Å². The number of carbonyl (C=O) groups is 2. The average Bonchev–Trinajstić information content (AvgIpc) is 3.20. The first-order valence-corrected chi connectivity index (χ1v) is 7.72. The number of hydrogen-bond acceptors (Lipinski definition) is 3. The second kappa shape index (κ2) is 7.29. The normalized spacial score (nSPS) is 19.4. The first-order valence-electron chi connectivity index (χ1n) is 7.72. The van der Waals surface area contributed by atoms with E-state index in [9.17, 15) is 9.59 Å². The SMILES string of the molecule is Cc1cccc(C)c1OCCNC(=O)CNC(=O)C1CC1C. The molecule has 1 aliphatic carbocycles. The van der Waals surface area contributed by atoms with Gasteiger partial charge < -0.3 is 15.4 Å². The van der Waals surface area contributed by atoms with E-state index in [0.717, 1.165) is 23.3 Å². The van der Waals surface area contributed by atoms with Crippen LogP contribution in [0.4, 0.5) is 0 Å². The number of aryl methyl sites for hydroxylation is 2. The van der Waals surface area contributed by atoms with Crippen molar-refractivity contribution in [3.63, 3.8) is 0 Å². The monoisotopic (exact) mass is 304 g/mol. The topological polar surface area (TPSA) is 67.4 Å². The van der Waals surface area contributed by atoms with Gasteiger partial charge in [0.05, 0.1) is 13.1 Å². The van der Waals surface area contributed by atoms with Gasteiger partial charge in [-0.1, -0.05) is 25.1 Å². The van der Waals surface area contributed by atoms with E-state index < -0.39 is 0 Å². The zero-order valence-electron chi connectivity index (χ0n) is 13.4. The Hall–Kier alpha value is -2.04. The first-order chi connectivity index (χ1) is 10.5. The Kier molecular flexibility index (Phi) is 5.41. The molecule has 0 spiro atoms. The van der Waals surface area contributed by atoms with E-state index in [1.165, 1.54) is 0 Å². The summed E-state index contributed by atoms with van der Waals surface area (Å²) >= 11 is 0. The van der Waals surface area contributed by atoms with Gasteiger partial charge in [-0.05, 0) is 37.3 Å². The minimum atomic E-state index is -0.188. The Bertz CT molecular complexity index is 537. The van der Waals surface area contributed by atoms with Crippen molar-refractivity contribution in [2.75, 3.05) is 19.7 Å². The smallest absolute Gasteiger partial charge is 0.239 e. The summed E-state index contributed by atoms with van der Waals surface area (Å²) in [6, 6.07) is 5.98. The lowest BCUT2D eigenvalue weighted by molar-refractivity contribution is -0.127. The van der Waals surface area contributed by atoms with Crippen molar-refractivity contribution in [1.29, 1.82) is 0 Å². The van der Waals surface area contributed by atoms with Crippen LogP contribution in [-0.2, 0) is 9.59 Å². The van der Waals surface area contributed by atoms with Gasteiger partial charge in [0.1, 0.15) is 12.4 Å². The molecule has 0 aromatic heterocycles. The van der Waals surface area contributed by atoms with Crippen LogP contribution in [0.25, 0.3) is 0 Å². The van der Waals surface area contributed by atoms with E-state index in [2.05, 4.69) is 10.6 Å². The summed E-state index contributed by atoms with van der Waals surface area (Å²) in [5.74, 6) is 1.21. The van der Waals surface area contributed by atoms with Crippen molar-refractivity contribution in [1.82, 2.24) is 10.6 Å². The van der Waals surface area contributed by atoms with Crippen LogP contribution in [0.2, 0.25) is 0 Å². The fourth-order valence-corrected chi connectivity index (χ4v) is 2.42. The molecule has 1 saturated carbocycles. The van der Waals surface area contributed by atoms with Crippen molar-refractivity contribution in [3.8, 4) is 5.75 Å². The molecular weight excluding hydrogens is 280 g/mol. The van der Waals surface area contributed by atoms with Gasteiger partial charge in [0, 0.05) is 5.92 Å². The summed E-state index contributed by atoms with van der Waals surface area (Å²) in [7, 11) is 0. The standard InChI is InChI=1S/C17H24N2O3/c1-11-5-4-6-12(2)16(11)22-8-7-18-15(20)10-19-17(21)14-9-13(14)3/h4-6,13-14H,7-10H2,1-3H3,(H,18,20)(H,19,21). The Morgan fingerprint density at radius 3 is 2.45 bits per heavy atom. The quantitative estimate of drug-likeness (QED) is 0.751. The van der Waals surface area contributed by atoms with Crippen LogP contribution < -0.4 is 15.4 Å². The second-order valence-electron chi connectivity index (χ2n) is 5.96. The molecule has 2 atom stereocenters. The maximum absolute atomic E-state index is 11.6. The highest BCUT2D eigenvalue weighted by Gasteiger charge is 2.38. The number of rotatable bonds is 7. The Labute approximate surface area is 131 Å². The molecule has 0 heterocycles. The molecule has 1 aliphatic rings. The number of para-hydroxylation sites is 1. The number of ether oxygens (including phenoxy) is 1. The molecule has 22 heavy (non-hydrogen) atoms. The first kappa shape index (κ1) is 16.3. The molecule has 2 rings (SSSR count). The lowest BCUT2D eigenvalue weighted by Gasteiger charge is -2.12.